The van der Waals surface area contributed by atoms with Crippen molar-refractivity contribution >= 4 is 23.1 Å². The predicted octanol–water partition coefficient (Wildman–Crippen LogP) is 4.75. The van der Waals surface area contributed by atoms with Gasteiger partial charge in [-0.15, -0.1) is 11.8 Å². The van der Waals surface area contributed by atoms with Gasteiger partial charge in [0.15, 0.2) is 0 Å². The highest BCUT2D eigenvalue weighted by atomic mass is 32.2. The van der Waals surface area contributed by atoms with Crippen molar-refractivity contribution in [2.24, 2.45) is 0 Å². The molecule has 1 nitrogen and oxygen atoms in total. The van der Waals surface area contributed by atoms with E-state index in [1.165, 1.54) is 16.0 Å². The predicted molar refractivity (Wildman–Crippen MR) is 87.3 cm³/mol. The monoisotopic (exact) mass is 291 g/mol. The Morgan fingerprint density at radius 2 is 1.95 bits per heavy atom. The lowest BCUT2D eigenvalue weighted by Gasteiger charge is -2.18. The molecule has 102 valence electrons. The average Bonchev–Trinajstić information content (AvgIpc) is 2.93. The minimum Gasteiger partial charge on any atom is -0.310 e. The van der Waals surface area contributed by atoms with Crippen molar-refractivity contribution < 1.29 is 0 Å². The fraction of sp³-hybridized carbons (Fsp3) is 0.375. The number of rotatable bonds is 7. The Hall–Kier alpha value is -0.770. The van der Waals surface area contributed by atoms with Crippen LogP contribution in [0.5, 0.6) is 0 Å². The van der Waals surface area contributed by atoms with Crippen LogP contribution < -0.4 is 5.32 Å². The highest BCUT2D eigenvalue weighted by Crippen LogP contribution is 2.23. The Morgan fingerprint density at radius 3 is 2.53 bits per heavy atom. The minimum atomic E-state index is 0.417. The molecule has 0 radical (unpaired) electrons. The number of thiophene rings is 1. The zero-order valence-corrected chi connectivity index (χ0v) is 13.2. The van der Waals surface area contributed by atoms with Crippen molar-refractivity contribution in [3.63, 3.8) is 0 Å². The molecule has 19 heavy (non-hydrogen) atoms. The summed E-state index contributed by atoms with van der Waals surface area (Å²) in [5.74, 6) is 1.13. The molecule has 0 aliphatic rings. The zero-order valence-electron chi connectivity index (χ0n) is 11.6. The lowest BCUT2D eigenvalue weighted by Crippen LogP contribution is -2.22. The van der Waals surface area contributed by atoms with Crippen LogP contribution in [0.2, 0.25) is 0 Å². The van der Waals surface area contributed by atoms with Crippen LogP contribution in [0.25, 0.3) is 0 Å². The number of hydrogen-bond donors (Lipinski definition) is 1. The average molecular weight is 291 g/mol. The van der Waals surface area contributed by atoms with Gasteiger partial charge < -0.3 is 5.32 Å². The molecule has 1 unspecified atom stereocenters. The number of nitrogens with one attached hydrogen (secondary N) is 1. The first-order valence-electron chi connectivity index (χ1n) is 6.80. The zero-order chi connectivity index (χ0) is 13.5. The van der Waals surface area contributed by atoms with E-state index >= 15 is 0 Å². The minimum absolute atomic E-state index is 0.417. The molecule has 0 saturated carbocycles. The third-order valence-electron chi connectivity index (χ3n) is 3.06. The highest BCUT2D eigenvalue weighted by molar-refractivity contribution is 7.99. The molecule has 0 bridgehead atoms. The van der Waals surface area contributed by atoms with Gasteiger partial charge in [-0.3, -0.25) is 0 Å². The van der Waals surface area contributed by atoms with Crippen molar-refractivity contribution in [3.05, 3.63) is 52.2 Å². The van der Waals surface area contributed by atoms with Crippen molar-refractivity contribution in [2.75, 3.05) is 12.3 Å². The van der Waals surface area contributed by atoms with Crippen molar-refractivity contribution in [1.29, 1.82) is 0 Å². The summed E-state index contributed by atoms with van der Waals surface area (Å²) in [6.45, 7) is 5.36. The summed E-state index contributed by atoms with van der Waals surface area (Å²) in [6, 6.07) is 11.6. The normalized spacial score (nSPS) is 12.5. The second kappa shape index (κ2) is 7.73. The van der Waals surface area contributed by atoms with Gasteiger partial charge >= 0.3 is 0 Å². The molecular weight excluding hydrogens is 270 g/mol. The highest BCUT2D eigenvalue weighted by Gasteiger charge is 2.11. The first-order valence-corrected chi connectivity index (χ1v) is 8.73. The van der Waals surface area contributed by atoms with Gasteiger partial charge in [0, 0.05) is 10.9 Å². The van der Waals surface area contributed by atoms with Crippen LogP contribution in [0.1, 0.15) is 31.0 Å². The molecule has 1 atom stereocenters. The maximum Gasteiger partial charge on any atom is 0.0361 e. The van der Waals surface area contributed by atoms with E-state index in [9.17, 15) is 0 Å². The Bertz CT molecular complexity index is 462. The Balaban J connectivity index is 2.09. The molecule has 0 aliphatic heterocycles. The van der Waals surface area contributed by atoms with Crippen LogP contribution >= 0.6 is 23.1 Å². The molecule has 1 aromatic heterocycles. The summed E-state index contributed by atoms with van der Waals surface area (Å²) in [7, 11) is 0. The first-order chi connectivity index (χ1) is 9.33. The third kappa shape index (κ3) is 4.37. The maximum atomic E-state index is 3.59. The van der Waals surface area contributed by atoms with E-state index in [0.29, 0.717) is 6.04 Å². The van der Waals surface area contributed by atoms with Gasteiger partial charge in [-0.2, -0.15) is 11.3 Å². The molecule has 3 heteroatoms. The molecule has 1 N–H and O–H groups in total. The molecule has 2 rings (SSSR count). The maximum absolute atomic E-state index is 3.59. The van der Waals surface area contributed by atoms with E-state index < -0.39 is 0 Å². The fourth-order valence-electron chi connectivity index (χ4n) is 2.16. The first kappa shape index (κ1) is 14.6. The summed E-state index contributed by atoms with van der Waals surface area (Å²) in [4.78, 5) is 1.36. The fourth-order valence-corrected chi connectivity index (χ4v) is 3.51. The Labute approximate surface area is 124 Å². The molecule has 0 aliphatic carbocycles. The van der Waals surface area contributed by atoms with Gasteiger partial charge in [-0.25, -0.2) is 0 Å². The van der Waals surface area contributed by atoms with Gasteiger partial charge in [-0.05, 0) is 58.8 Å². The van der Waals surface area contributed by atoms with Crippen LogP contribution in [0, 0.1) is 0 Å². The number of likely N-dealkylation sites (N-methyl/N-ethyl adjacent to an activating group) is 1. The lowest BCUT2D eigenvalue weighted by molar-refractivity contribution is 0.550. The molecular formula is C16H21NS2. The molecule has 0 saturated heterocycles. The van der Waals surface area contributed by atoms with Gasteiger partial charge in [0.2, 0.25) is 0 Å². The van der Waals surface area contributed by atoms with Crippen LogP contribution in [-0.4, -0.2) is 12.3 Å². The van der Waals surface area contributed by atoms with Crippen LogP contribution in [0.3, 0.4) is 0 Å². The lowest BCUT2D eigenvalue weighted by atomic mass is 10.0. The largest absolute Gasteiger partial charge is 0.310 e. The van der Waals surface area contributed by atoms with Crippen LogP contribution in [0.4, 0.5) is 0 Å². The molecule has 2 aromatic rings. The summed E-state index contributed by atoms with van der Waals surface area (Å²) in [5, 5.41) is 7.98. The van der Waals surface area contributed by atoms with E-state index in [-0.39, 0.29) is 0 Å². The van der Waals surface area contributed by atoms with Gasteiger partial charge in [0.25, 0.3) is 0 Å². The summed E-state index contributed by atoms with van der Waals surface area (Å²) < 4.78 is 0. The second-order valence-corrected chi connectivity index (χ2v) is 6.57. The van der Waals surface area contributed by atoms with Crippen LogP contribution in [-0.2, 0) is 6.42 Å². The molecule has 0 spiro atoms. The van der Waals surface area contributed by atoms with Gasteiger partial charge in [0.1, 0.15) is 0 Å². The number of hydrogen-bond acceptors (Lipinski definition) is 3. The van der Waals surface area contributed by atoms with E-state index in [4.69, 9.17) is 0 Å². The van der Waals surface area contributed by atoms with Crippen molar-refractivity contribution in [1.82, 2.24) is 5.32 Å². The topological polar surface area (TPSA) is 12.0 Å². The quantitative estimate of drug-likeness (QED) is 0.739. The summed E-state index contributed by atoms with van der Waals surface area (Å²) in [6.07, 6.45) is 1.07. The van der Waals surface area contributed by atoms with E-state index in [1.807, 2.05) is 11.8 Å². The second-order valence-electron chi connectivity index (χ2n) is 4.45. The van der Waals surface area contributed by atoms with E-state index in [2.05, 4.69) is 60.3 Å². The Morgan fingerprint density at radius 1 is 1.16 bits per heavy atom. The number of benzene rings is 1. The smallest absolute Gasteiger partial charge is 0.0361 e. The van der Waals surface area contributed by atoms with Crippen LogP contribution in [0.15, 0.2) is 46.0 Å². The third-order valence-corrected chi connectivity index (χ3v) is 4.69. The Kier molecular flexibility index (Phi) is 5.95. The van der Waals surface area contributed by atoms with Crippen molar-refractivity contribution in [2.45, 2.75) is 31.2 Å². The standard InChI is InChI=1S/C16H21NS2/c1-3-17-16(11-13-9-10-18-12-13)14-5-7-15(8-6-14)19-4-2/h5-10,12,16-17H,3-4,11H2,1-2H3. The number of thioether (sulfide) groups is 1. The van der Waals surface area contributed by atoms with E-state index in [1.54, 1.807) is 11.3 Å². The molecule has 1 heterocycles. The summed E-state index contributed by atoms with van der Waals surface area (Å²) in [5.41, 5.74) is 2.80. The SMILES string of the molecule is CCNC(Cc1ccsc1)c1ccc(SCC)cc1. The molecule has 1 aromatic carbocycles. The molecule has 0 fully saturated rings. The van der Waals surface area contributed by atoms with Gasteiger partial charge in [0.05, 0.1) is 0 Å². The molecule has 0 amide bonds. The van der Waals surface area contributed by atoms with E-state index in [0.717, 1.165) is 18.7 Å². The summed E-state index contributed by atoms with van der Waals surface area (Å²) >= 11 is 3.67. The van der Waals surface area contributed by atoms with Crippen molar-refractivity contribution in [3.8, 4) is 0 Å². The van der Waals surface area contributed by atoms with Gasteiger partial charge in [-0.1, -0.05) is 26.0 Å².